The lowest BCUT2D eigenvalue weighted by Gasteiger charge is -2.09. The molecule has 2 aromatic carbocycles. The van der Waals surface area contributed by atoms with E-state index in [1.165, 1.54) is 16.7 Å². The molecule has 2 heteroatoms. The monoisotopic (exact) mass is 294 g/mol. The summed E-state index contributed by atoms with van der Waals surface area (Å²) in [5.41, 5.74) is 4.76. The van der Waals surface area contributed by atoms with Crippen LogP contribution in [0.25, 0.3) is 12.2 Å². The molecule has 0 fully saturated rings. The van der Waals surface area contributed by atoms with E-state index < -0.39 is 0 Å². The molecule has 0 aliphatic rings. The van der Waals surface area contributed by atoms with E-state index in [4.69, 9.17) is 9.47 Å². The third kappa shape index (κ3) is 3.59. The summed E-state index contributed by atoms with van der Waals surface area (Å²) in [7, 11) is 3.33. The van der Waals surface area contributed by atoms with Crippen molar-refractivity contribution in [3.63, 3.8) is 0 Å². The van der Waals surface area contributed by atoms with E-state index in [9.17, 15) is 0 Å². The molecule has 0 aromatic heterocycles. The minimum atomic E-state index is 0.802. The van der Waals surface area contributed by atoms with Gasteiger partial charge in [-0.15, -0.1) is 0 Å². The van der Waals surface area contributed by atoms with Crippen molar-refractivity contribution in [3.05, 3.63) is 70.8 Å². The highest BCUT2D eigenvalue weighted by Gasteiger charge is 2.05. The van der Waals surface area contributed by atoms with Gasteiger partial charge in [0.1, 0.15) is 11.5 Å². The summed E-state index contributed by atoms with van der Waals surface area (Å²) in [4.78, 5) is 0. The Balaban J connectivity index is 2.25. The van der Waals surface area contributed by atoms with Crippen molar-refractivity contribution in [3.8, 4) is 11.5 Å². The van der Waals surface area contributed by atoms with Crippen LogP contribution in [0.2, 0.25) is 0 Å². The largest absolute Gasteiger partial charge is 0.496 e. The van der Waals surface area contributed by atoms with Gasteiger partial charge in [0.2, 0.25) is 0 Å². The molecule has 0 radical (unpaired) electrons. The third-order valence-electron chi connectivity index (χ3n) is 3.64. The number of allylic oxidation sites excluding steroid dienone is 2. The van der Waals surface area contributed by atoms with Crippen LogP contribution in [0.5, 0.6) is 11.5 Å². The van der Waals surface area contributed by atoms with Crippen LogP contribution < -0.4 is 9.47 Å². The van der Waals surface area contributed by atoms with Crippen LogP contribution in [-0.4, -0.2) is 14.2 Å². The highest BCUT2D eigenvalue weighted by atomic mass is 16.5. The zero-order chi connectivity index (χ0) is 15.9. The molecule has 0 aliphatic heterocycles. The van der Waals surface area contributed by atoms with Gasteiger partial charge in [-0.2, -0.15) is 0 Å². The topological polar surface area (TPSA) is 18.5 Å². The van der Waals surface area contributed by atoms with Gasteiger partial charge < -0.3 is 9.47 Å². The molecule has 0 heterocycles. The van der Waals surface area contributed by atoms with E-state index in [0.717, 1.165) is 17.1 Å². The van der Waals surface area contributed by atoms with Crippen LogP contribution in [0.1, 0.15) is 22.3 Å². The van der Waals surface area contributed by atoms with Crippen molar-refractivity contribution in [2.75, 3.05) is 14.2 Å². The molecule has 0 N–H and O–H groups in total. The number of benzene rings is 2. The van der Waals surface area contributed by atoms with E-state index in [0.29, 0.717) is 0 Å². The second-order valence-corrected chi connectivity index (χ2v) is 5.10. The van der Waals surface area contributed by atoms with Gasteiger partial charge in [-0.05, 0) is 48.7 Å². The lowest BCUT2D eigenvalue weighted by Crippen LogP contribution is -1.91. The van der Waals surface area contributed by atoms with Crippen molar-refractivity contribution in [2.45, 2.75) is 13.8 Å². The normalized spacial score (nSPS) is 11.3. The molecule has 0 saturated carbocycles. The van der Waals surface area contributed by atoms with Crippen molar-refractivity contribution in [1.29, 1.82) is 0 Å². The molecule has 22 heavy (non-hydrogen) atoms. The Kier molecular flexibility index (Phi) is 5.42. The fraction of sp³-hybridized carbons (Fsp3) is 0.200. The maximum Gasteiger partial charge on any atom is 0.129 e. The Bertz CT molecular complexity index is 654. The molecule has 0 amide bonds. The Morgan fingerprint density at radius 2 is 1.14 bits per heavy atom. The quantitative estimate of drug-likeness (QED) is 0.719. The highest BCUT2D eigenvalue weighted by Crippen LogP contribution is 2.29. The Hall–Kier alpha value is -2.48. The van der Waals surface area contributed by atoms with Crippen LogP contribution in [0.3, 0.4) is 0 Å². The van der Waals surface area contributed by atoms with E-state index in [1.54, 1.807) is 14.2 Å². The lowest BCUT2D eigenvalue weighted by atomic mass is 10.0. The van der Waals surface area contributed by atoms with E-state index in [1.807, 2.05) is 36.4 Å². The van der Waals surface area contributed by atoms with Gasteiger partial charge in [0.15, 0.2) is 0 Å². The summed E-state index contributed by atoms with van der Waals surface area (Å²) in [6, 6.07) is 12.1. The number of hydrogen-bond donors (Lipinski definition) is 0. The average molecular weight is 294 g/mol. The summed E-state index contributed by atoms with van der Waals surface area (Å²) < 4.78 is 10.8. The molecular weight excluding hydrogens is 272 g/mol. The molecule has 0 atom stereocenters. The molecular formula is C20H22O2. The Labute approximate surface area is 132 Å². The van der Waals surface area contributed by atoms with Crippen LogP contribution in [0.4, 0.5) is 0 Å². The minimum absolute atomic E-state index is 0.802. The maximum atomic E-state index is 5.39. The second-order valence-electron chi connectivity index (χ2n) is 5.10. The van der Waals surface area contributed by atoms with Crippen LogP contribution >= 0.6 is 0 Å². The maximum absolute atomic E-state index is 5.39. The third-order valence-corrected chi connectivity index (χ3v) is 3.64. The first-order valence-electron chi connectivity index (χ1n) is 7.29. The fourth-order valence-corrected chi connectivity index (χ4v) is 2.44. The molecule has 0 unspecified atom stereocenters. The fourth-order valence-electron chi connectivity index (χ4n) is 2.44. The average Bonchev–Trinajstić information content (AvgIpc) is 2.53. The van der Waals surface area contributed by atoms with Crippen LogP contribution in [-0.2, 0) is 0 Å². The molecule has 2 aromatic rings. The Morgan fingerprint density at radius 3 is 1.64 bits per heavy atom. The van der Waals surface area contributed by atoms with Gasteiger partial charge in [0.25, 0.3) is 0 Å². The number of methoxy groups -OCH3 is 2. The van der Waals surface area contributed by atoms with Gasteiger partial charge in [-0.3, -0.25) is 0 Å². The molecule has 2 rings (SSSR count). The molecule has 2 nitrogen and oxygen atoms in total. The SMILES string of the molecule is COc1cccc(OC)c1C=CC=Cc1c(C)cccc1C. The lowest BCUT2D eigenvalue weighted by molar-refractivity contribution is 0.392. The molecule has 114 valence electrons. The van der Waals surface area contributed by atoms with Gasteiger partial charge in [0.05, 0.1) is 19.8 Å². The number of ether oxygens (including phenoxy) is 2. The van der Waals surface area contributed by atoms with Crippen molar-refractivity contribution >= 4 is 12.2 Å². The molecule has 0 spiro atoms. The van der Waals surface area contributed by atoms with Gasteiger partial charge in [-0.1, -0.05) is 42.5 Å². The van der Waals surface area contributed by atoms with Gasteiger partial charge in [-0.25, -0.2) is 0 Å². The number of rotatable bonds is 5. The minimum Gasteiger partial charge on any atom is -0.496 e. The van der Waals surface area contributed by atoms with E-state index in [-0.39, 0.29) is 0 Å². The van der Waals surface area contributed by atoms with Gasteiger partial charge >= 0.3 is 0 Å². The van der Waals surface area contributed by atoms with Crippen molar-refractivity contribution < 1.29 is 9.47 Å². The molecule has 0 saturated heterocycles. The van der Waals surface area contributed by atoms with Crippen LogP contribution in [0.15, 0.2) is 48.6 Å². The van der Waals surface area contributed by atoms with E-state index in [2.05, 4.69) is 38.1 Å². The summed E-state index contributed by atoms with van der Waals surface area (Å²) >= 11 is 0. The molecule has 0 aliphatic carbocycles. The Morgan fingerprint density at radius 1 is 0.682 bits per heavy atom. The standard InChI is InChI=1S/C20H22O2/c1-15-9-7-10-16(2)17(15)11-5-6-12-18-19(21-3)13-8-14-20(18)22-4/h5-14H,1-4H3. The summed E-state index contributed by atoms with van der Waals surface area (Å²) in [6.07, 6.45) is 8.18. The highest BCUT2D eigenvalue weighted by molar-refractivity contribution is 5.67. The zero-order valence-electron chi connectivity index (χ0n) is 13.6. The predicted molar refractivity (Wildman–Crippen MR) is 93.5 cm³/mol. The summed E-state index contributed by atoms with van der Waals surface area (Å²) in [6.45, 7) is 4.25. The van der Waals surface area contributed by atoms with E-state index >= 15 is 0 Å². The summed E-state index contributed by atoms with van der Waals surface area (Å²) in [5.74, 6) is 1.60. The van der Waals surface area contributed by atoms with Gasteiger partial charge in [0, 0.05) is 0 Å². The van der Waals surface area contributed by atoms with Crippen molar-refractivity contribution in [1.82, 2.24) is 0 Å². The van der Waals surface area contributed by atoms with Crippen LogP contribution in [0, 0.1) is 13.8 Å². The smallest absolute Gasteiger partial charge is 0.129 e. The number of hydrogen-bond acceptors (Lipinski definition) is 2. The predicted octanol–water partition coefficient (Wildman–Crippen LogP) is 5.05. The number of aryl methyl sites for hydroxylation is 2. The first-order chi connectivity index (χ1) is 10.7. The summed E-state index contributed by atoms with van der Waals surface area (Å²) in [5, 5.41) is 0. The van der Waals surface area contributed by atoms with Crippen molar-refractivity contribution in [2.24, 2.45) is 0 Å². The second kappa shape index (κ2) is 7.51. The molecule has 0 bridgehead atoms. The zero-order valence-corrected chi connectivity index (χ0v) is 13.6. The first kappa shape index (κ1) is 15.9. The first-order valence-corrected chi connectivity index (χ1v) is 7.29.